The third-order valence-electron chi connectivity index (χ3n) is 4.00. The summed E-state index contributed by atoms with van der Waals surface area (Å²) in [5.74, 6) is -0.0167. The SMILES string of the molecule is Cc1cc(NC(=O)CN2c3ccccc3C[C@H]2C(N)=O)n(C)n1. The first-order valence-corrected chi connectivity index (χ1v) is 7.40. The Balaban J connectivity index is 1.78. The predicted molar refractivity (Wildman–Crippen MR) is 87.0 cm³/mol. The predicted octanol–water partition coefficient (Wildman–Crippen LogP) is 0.584. The maximum atomic E-state index is 12.4. The molecule has 23 heavy (non-hydrogen) atoms. The van der Waals surface area contributed by atoms with Gasteiger partial charge in [-0.1, -0.05) is 18.2 Å². The molecule has 1 atom stereocenters. The van der Waals surface area contributed by atoms with E-state index in [4.69, 9.17) is 5.73 Å². The van der Waals surface area contributed by atoms with Crippen LogP contribution in [0.25, 0.3) is 0 Å². The van der Waals surface area contributed by atoms with E-state index in [0.29, 0.717) is 12.2 Å². The first-order valence-electron chi connectivity index (χ1n) is 7.40. The zero-order chi connectivity index (χ0) is 16.6. The van der Waals surface area contributed by atoms with Gasteiger partial charge in [-0.2, -0.15) is 5.10 Å². The minimum absolute atomic E-state index is 0.0643. The number of nitrogens with two attached hydrogens (primary N) is 1. The molecular formula is C16H19N5O2. The van der Waals surface area contributed by atoms with Gasteiger partial charge in [0.05, 0.1) is 12.2 Å². The van der Waals surface area contributed by atoms with E-state index in [1.165, 1.54) is 0 Å². The van der Waals surface area contributed by atoms with Crippen LogP contribution in [0.15, 0.2) is 30.3 Å². The van der Waals surface area contributed by atoms with Crippen LogP contribution in [0.1, 0.15) is 11.3 Å². The van der Waals surface area contributed by atoms with Crippen molar-refractivity contribution in [2.75, 3.05) is 16.8 Å². The molecule has 1 aromatic heterocycles. The molecule has 1 aliphatic heterocycles. The lowest BCUT2D eigenvalue weighted by Gasteiger charge is -2.24. The number of hydrogen-bond acceptors (Lipinski definition) is 4. The number of benzene rings is 1. The number of hydrogen-bond donors (Lipinski definition) is 2. The van der Waals surface area contributed by atoms with Gasteiger partial charge >= 0.3 is 0 Å². The molecule has 2 aromatic rings. The fourth-order valence-corrected chi connectivity index (χ4v) is 2.96. The molecule has 0 unspecified atom stereocenters. The second-order valence-corrected chi connectivity index (χ2v) is 5.72. The Bertz CT molecular complexity index is 768. The van der Waals surface area contributed by atoms with Gasteiger partial charge < -0.3 is 16.0 Å². The van der Waals surface area contributed by atoms with Crippen molar-refractivity contribution in [2.24, 2.45) is 12.8 Å². The smallest absolute Gasteiger partial charge is 0.245 e. The lowest BCUT2D eigenvalue weighted by atomic mass is 10.1. The topological polar surface area (TPSA) is 93.3 Å². The number of carbonyl (C=O) groups excluding carboxylic acids is 2. The van der Waals surface area contributed by atoms with Crippen molar-refractivity contribution in [3.63, 3.8) is 0 Å². The van der Waals surface area contributed by atoms with Gasteiger partial charge in [-0.05, 0) is 18.6 Å². The van der Waals surface area contributed by atoms with Crippen molar-refractivity contribution < 1.29 is 9.59 Å². The zero-order valence-corrected chi connectivity index (χ0v) is 13.1. The van der Waals surface area contributed by atoms with E-state index in [2.05, 4.69) is 10.4 Å². The Morgan fingerprint density at radius 1 is 1.39 bits per heavy atom. The molecule has 0 aliphatic carbocycles. The Morgan fingerprint density at radius 2 is 2.13 bits per heavy atom. The van der Waals surface area contributed by atoms with Gasteiger partial charge in [-0.15, -0.1) is 0 Å². The minimum atomic E-state index is -0.494. The summed E-state index contributed by atoms with van der Waals surface area (Å²) in [5.41, 5.74) is 8.23. The van der Waals surface area contributed by atoms with Crippen LogP contribution in [0.5, 0.6) is 0 Å². The van der Waals surface area contributed by atoms with Gasteiger partial charge in [-0.25, -0.2) is 0 Å². The summed E-state index contributed by atoms with van der Waals surface area (Å²) in [7, 11) is 1.76. The molecule has 0 radical (unpaired) electrons. The van der Waals surface area contributed by atoms with Crippen molar-refractivity contribution in [2.45, 2.75) is 19.4 Å². The van der Waals surface area contributed by atoms with Gasteiger partial charge in [0.1, 0.15) is 11.9 Å². The van der Waals surface area contributed by atoms with Crippen molar-refractivity contribution in [3.8, 4) is 0 Å². The van der Waals surface area contributed by atoms with E-state index >= 15 is 0 Å². The van der Waals surface area contributed by atoms with Crippen LogP contribution in [-0.4, -0.2) is 34.2 Å². The number of primary amides is 1. The molecule has 2 amide bonds. The number of nitrogens with one attached hydrogen (secondary N) is 1. The number of rotatable bonds is 4. The summed E-state index contributed by atoms with van der Waals surface area (Å²) in [5, 5.41) is 7.01. The molecule has 7 heteroatoms. The van der Waals surface area contributed by atoms with E-state index in [-0.39, 0.29) is 12.5 Å². The number of para-hydroxylation sites is 1. The monoisotopic (exact) mass is 313 g/mol. The highest BCUT2D eigenvalue weighted by molar-refractivity contribution is 5.96. The Morgan fingerprint density at radius 3 is 2.78 bits per heavy atom. The maximum absolute atomic E-state index is 12.4. The normalized spacial score (nSPS) is 16.3. The highest BCUT2D eigenvalue weighted by atomic mass is 16.2. The molecule has 1 aromatic carbocycles. The molecular weight excluding hydrogens is 294 g/mol. The van der Waals surface area contributed by atoms with Crippen LogP contribution in [0, 0.1) is 6.92 Å². The van der Waals surface area contributed by atoms with Gasteiger partial charge in [-0.3, -0.25) is 14.3 Å². The maximum Gasteiger partial charge on any atom is 0.245 e. The van der Waals surface area contributed by atoms with Crippen LogP contribution in [0.4, 0.5) is 11.5 Å². The number of aromatic nitrogens is 2. The number of fused-ring (bicyclic) bond motifs is 1. The molecule has 0 spiro atoms. The molecule has 2 heterocycles. The van der Waals surface area contributed by atoms with Gasteiger partial charge in [0.15, 0.2) is 0 Å². The van der Waals surface area contributed by atoms with E-state index < -0.39 is 11.9 Å². The van der Waals surface area contributed by atoms with E-state index in [1.54, 1.807) is 22.7 Å². The van der Waals surface area contributed by atoms with Crippen molar-refractivity contribution >= 4 is 23.3 Å². The molecule has 7 nitrogen and oxygen atoms in total. The summed E-state index contributed by atoms with van der Waals surface area (Å²) in [6.45, 7) is 1.92. The molecule has 0 saturated heterocycles. The van der Waals surface area contributed by atoms with Crippen molar-refractivity contribution in [1.29, 1.82) is 0 Å². The first kappa shape index (κ1) is 15.1. The number of anilines is 2. The van der Waals surface area contributed by atoms with E-state index in [0.717, 1.165) is 16.9 Å². The lowest BCUT2D eigenvalue weighted by molar-refractivity contribution is -0.119. The van der Waals surface area contributed by atoms with Gasteiger partial charge in [0.25, 0.3) is 0 Å². The Kier molecular flexibility index (Phi) is 3.77. The highest BCUT2D eigenvalue weighted by Gasteiger charge is 2.34. The average molecular weight is 313 g/mol. The largest absolute Gasteiger partial charge is 0.368 e. The van der Waals surface area contributed by atoms with E-state index in [9.17, 15) is 9.59 Å². The van der Waals surface area contributed by atoms with Gasteiger partial charge in [0.2, 0.25) is 11.8 Å². The quantitative estimate of drug-likeness (QED) is 0.863. The summed E-state index contributed by atoms with van der Waals surface area (Å²) < 4.78 is 1.61. The van der Waals surface area contributed by atoms with Crippen LogP contribution in [0.2, 0.25) is 0 Å². The number of nitrogens with zero attached hydrogens (tertiary/aromatic N) is 3. The van der Waals surface area contributed by atoms with Crippen LogP contribution in [0.3, 0.4) is 0 Å². The second-order valence-electron chi connectivity index (χ2n) is 5.72. The van der Waals surface area contributed by atoms with Crippen molar-refractivity contribution in [3.05, 3.63) is 41.6 Å². The molecule has 0 bridgehead atoms. The summed E-state index contributed by atoms with van der Waals surface area (Å²) in [6, 6.07) is 8.96. The number of amides is 2. The molecule has 120 valence electrons. The van der Waals surface area contributed by atoms with Gasteiger partial charge in [0, 0.05) is 25.2 Å². The van der Waals surface area contributed by atoms with Crippen molar-refractivity contribution in [1.82, 2.24) is 9.78 Å². The van der Waals surface area contributed by atoms with Crippen LogP contribution >= 0.6 is 0 Å². The highest BCUT2D eigenvalue weighted by Crippen LogP contribution is 2.31. The third kappa shape index (κ3) is 2.90. The third-order valence-corrected chi connectivity index (χ3v) is 4.00. The second kappa shape index (κ2) is 5.75. The lowest BCUT2D eigenvalue weighted by Crippen LogP contribution is -2.46. The fraction of sp³-hybridized carbons (Fsp3) is 0.312. The first-order chi connectivity index (χ1) is 11.0. The Labute approximate surface area is 134 Å². The number of carbonyl (C=O) groups is 2. The fourth-order valence-electron chi connectivity index (χ4n) is 2.96. The molecule has 1 aliphatic rings. The Hall–Kier alpha value is -2.83. The van der Waals surface area contributed by atoms with Crippen LogP contribution < -0.4 is 16.0 Å². The molecule has 0 fully saturated rings. The summed E-state index contributed by atoms with van der Waals surface area (Å²) in [4.78, 5) is 25.8. The summed E-state index contributed by atoms with van der Waals surface area (Å²) >= 11 is 0. The molecule has 0 saturated carbocycles. The van der Waals surface area contributed by atoms with Crippen LogP contribution in [-0.2, 0) is 23.1 Å². The van der Waals surface area contributed by atoms with E-state index in [1.807, 2.05) is 31.2 Å². The zero-order valence-electron chi connectivity index (χ0n) is 13.1. The molecule has 3 rings (SSSR count). The molecule has 3 N–H and O–H groups in total. The summed E-state index contributed by atoms with van der Waals surface area (Å²) in [6.07, 6.45) is 0.531. The standard InChI is InChI=1S/C16H19N5O2/c1-10-7-14(20(2)19-10)18-15(22)9-21-12-6-4-3-5-11(12)8-13(21)16(17)23/h3-7,13H,8-9H2,1-2H3,(H2,17,23)(H,18,22)/t13-/m0/s1. The minimum Gasteiger partial charge on any atom is -0.368 e. The number of aryl methyl sites for hydroxylation is 2. The average Bonchev–Trinajstić information content (AvgIpc) is 3.00.